The molecule has 8 nitrogen and oxygen atoms in total. The van der Waals surface area contributed by atoms with Crippen LogP contribution in [-0.2, 0) is 9.53 Å². The first-order valence-corrected chi connectivity index (χ1v) is 8.29. The fraction of sp³-hybridized carbons (Fsp3) is 0.263. The van der Waals surface area contributed by atoms with Crippen LogP contribution in [0.2, 0.25) is 0 Å². The normalized spacial score (nSPS) is 11.9. The molecule has 0 spiro atoms. The molecule has 1 N–H and O–H groups in total. The number of nitrogens with one attached hydrogen (secondary N) is 1. The van der Waals surface area contributed by atoms with Crippen molar-refractivity contribution in [1.29, 1.82) is 0 Å². The molecule has 0 radical (unpaired) electrons. The van der Waals surface area contributed by atoms with Gasteiger partial charge >= 0.3 is 5.97 Å². The minimum atomic E-state index is -1.02. The fourth-order valence-electron chi connectivity index (χ4n) is 2.64. The Labute approximate surface area is 155 Å². The Morgan fingerprint density at radius 2 is 1.96 bits per heavy atom. The predicted octanol–water partition coefficient (Wildman–Crippen LogP) is 3.03. The first-order valence-electron chi connectivity index (χ1n) is 8.29. The molecule has 0 aliphatic carbocycles. The zero-order chi connectivity index (χ0) is 19.6. The van der Waals surface area contributed by atoms with Crippen molar-refractivity contribution in [2.75, 3.05) is 12.4 Å². The maximum Gasteiger partial charge on any atom is 0.339 e. The van der Waals surface area contributed by atoms with Crippen molar-refractivity contribution >= 4 is 28.7 Å². The Bertz CT molecular complexity index is 1010. The number of fused-ring (bicyclic) bond motifs is 1. The molecule has 0 aliphatic rings. The van der Waals surface area contributed by atoms with Crippen LogP contribution in [0.15, 0.2) is 34.9 Å². The molecule has 0 fully saturated rings. The smallest absolute Gasteiger partial charge is 0.339 e. The van der Waals surface area contributed by atoms with Crippen LogP contribution in [0.1, 0.15) is 28.7 Å². The summed E-state index contributed by atoms with van der Waals surface area (Å²) in [6.07, 6.45) is -1.02. The van der Waals surface area contributed by atoms with Crippen LogP contribution in [-0.4, -0.2) is 35.2 Å². The molecular formula is C19H19N3O5. The third kappa shape index (κ3) is 3.74. The third-order valence-electron chi connectivity index (χ3n) is 3.98. The molecule has 0 unspecified atom stereocenters. The number of benzene rings is 1. The number of methoxy groups -OCH3 is 1. The van der Waals surface area contributed by atoms with Gasteiger partial charge in [0.25, 0.3) is 11.6 Å². The highest BCUT2D eigenvalue weighted by atomic mass is 16.5. The van der Waals surface area contributed by atoms with E-state index in [2.05, 4.69) is 15.5 Å². The highest BCUT2D eigenvalue weighted by molar-refractivity contribution is 6.04. The Hall–Kier alpha value is -3.42. The standard InChI is InChI=1S/C19H19N3O5/c1-10-9-13(16-11(2)22-27-18(16)20-10)19(24)26-12(3)17(23)21-14-7-5-6-8-15(14)25-4/h5-9,12H,1-4H3,(H,21,23)/t12-/m0/s1. The molecule has 8 heteroatoms. The second-order valence-corrected chi connectivity index (χ2v) is 6.00. The molecule has 2 aromatic heterocycles. The number of carbonyl (C=O) groups is 2. The molecular weight excluding hydrogens is 350 g/mol. The minimum Gasteiger partial charge on any atom is -0.495 e. The van der Waals surface area contributed by atoms with Crippen LogP contribution >= 0.6 is 0 Å². The van der Waals surface area contributed by atoms with E-state index in [1.807, 2.05) is 0 Å². The van der Waals surface area contributed by atoms with E-state index >= 15 is 0 Å². The van der Waals surface area contributed by atoms with E-state index in [0.717, 1.165) is 0 Å². The lowest BCUT2D eigenvalue weighted by Crippen LogP contribution is -2.30. The molecule has 1 atom stereocenters. The molecule has 140 valence electrons. The molecule has 1 aromatic carbocycles. The van der Waals surface area contributed by atoms with Crippen molar-refractivity contribution in [3.63, 3.8) is 0 Å². The first-order chi connectivity index (χ1) is 12.9. The molecule has 0 saturated heterocycles. The van der Waals surface area contributed by atoms with Crippen LogP contribution < -0.4 is 10.1 Å². The summed E-state index contributed by atoms with van der Waals surface area (Å²) in [6, 6.07) is 8.55. The number of carbonyl (C=O) groups excluding carboxylic acids is 2. The van der Waals surface area contributed by atoms with Gasteiger partial charge in [-0.05, 0) is 39.0 Å². The predicted molar refractivity (Wildman–Crippen MR) is 97.8 cm³/mol. The monoisotopic (exact) mass is 369 g/mol. The highest BCUT2D eigenvalue weighted by Gasteiger charge is 2.24. The van der Waals surface area contributed by atoms with Gasteiger partial charge in [0.2, 0.25) is 0 Å². The summed E-state index contributed by atoms with van der Waals surface area (Å²) in [5.41, 5.74) is 2.11. The lowest BCUT2D eigenvalue weighted by molar-refractivity contribution is -0.123. The van der Waals surface area contributed by atoms with Crippen LogP contribution in [0.25, 0.3) is 11.1 Å². The number of ether oxygens (including phenoxy) is 2. The summed E-state index contributed by atoms with van der Waals surface area (Å²) in [6.45, 7) is 4.93. The van der Waals surface area contributed by atoms with E-state index in [0.29, 0.717) is 28.2 Å². The van der Waals surface area contributed by atoms with Crippen molar-refractivity contribution < 1.29 is 23.6 Å². The van der Waals surface area contributed by atoms with Gasteiger partial charge in [-0.2, -0.15) is 0 Å². The van der Waals surface area contributed by atoms with E-state index in [-0.39, 0.29) is 11.3 Å². The van der Waals surface area contributed by atoms with Gasteiger partial charge in [0, 0.05) is 5.69 Å². The van der Waals surface area contributed by atoms with Gasteiger partial charge in [-0.3, -0.25) is 4.79 Å². The van der Waals surface area contributed by atoms with Crippen molar-refractivity contribution in [3.8, 4) is 5.75 Å². The first kappa shape index (κ1) is 18.4. The van der Waals surface area contributed by atoms with Gasteiger partial charge in [-0.25, -0.2) is 9.78 Å². The van der Waals surface area contributed by atoms with E-state index in [4.69, 9.17) is 14.0 Å². The molecule has 2 heterocycles. The lowest BCUT2D eigenvalue weighted by atomic mass is 10.1. The number of nitrogens with zero attached hydrogens (tertiary/aromatic N) is 2. The third-order valence-corrected chi connectivity index (χ3v) is 3.98. The zero-order valence-corrected chi connectivity index (χ0v) is 15.4. The number of para-hydroxylation sites is 2. The van der Waals surface area contributed by atoms with Crippen LogP contribution in [0.3, 0.4) is 0 Å². The van der Waals surface area contributed by atoms with Crippen molar-refractivity contribution in [2.45, 2.75) is 26.9 Å². The van der Waals surface area contributed by atoms with Gasteiger partial charge in [-0.15, -0.1) is 0 Å². The Kier molecular flexibility index (Phi) is 5.07. The van der Waals surface area contributed by atoms with E-state index in [1.54, 1.807) is 44.2 Å². The quantitative estimate of drug-likeness (QED) is 0.689. The second kappa shape index (κ2) is 7.45. The average Bonchev–Trinajstić information content (AvgIpc) is 3.02. The second-order valence-electron chi connectivity index (χ2n) is 6.00. The van der Waals surface area contributed by atoms with Crippen LogP contribution in [0, 0.1) is 13.8 Å². The summed E-state index contributed by atoms with van der Waals surface area (Å²) >= 11 is 0. The lowest BCUT2D eigenvalue weighted by Gasteiger charge is -2.15. The number of anilines is 1. The number of hydrogen-bond acceptors (Lipinski definition) is 7. The number of amides is 1. The zero-order valence-electron chi connectivity index (χ0n) is 15.4. The summed E-state index contributed by atoms with van der Waals surface area (Å²) in [5, 5.41) is 6.99. The maximum atomic E-state index is 12.6. The number of pyridine rings is 1. The van der Waals surface area contributed by atoms with E-state index < -0.39 is 18.0 Å². The topological polar surface area (TPSA) is 104 Å². The molecule has 1 amide bonds. The molecule has 27 heavy (non-hydrogen) atoms. The van der Waals surface area contributed by atoms with E-state index in [1.165, 1.54) is 14.0 Å². The number of rotatable bonds is 5. The van der Waals surface area contributed by atoms with Gasteiger partial charge in [0.05, 0.1) is 29.4 Å². The molecule has 0 saturated carbocycles. The van der Waals surface area contributed by atoms with Crippen LogP contribution in [0.5, 0.6) is 5.75 Å². The van der Waals surface area contributed by atoms with Gasteiger partial charge in [0.15, 0.2) is 6.10 Å². The molecule has 0 aliphatic heterocycles. The SMILES string of the molecule is COc1ccccc1NC(=O)[C@H](C)OC(=O)c1cc(C)nc2onc(C)c12. The van der Waals surface area contributed by atoms with Gasteiger partial charge in [0.1, 0.15) is 5.75 Å². The summed E-state index contributed by atoms with van der Waals surface area (Å²) in [7, 11) is 1.51. The summed E-state index contributed by atoms with van der Waals surface area (Å²) < 4.78 is 15.7. The summed E-state index contributed by atoms with van der Waals surface area (Å²) in [5.74, 6) is -0.618. The van der Waals surface area contributed by atoms with Crippen molar-refractivity contribution in [1.82, 2.24) is 10.1 Å². The van der Waals surface area contributed by atoms with Crippen LogP contribution in [0.4, 0.5) is 5.69 Å². The van der Waals surface area contributed by atoms with Gasteiger partial charge in [-0.1, -0.05) is 17.3 Å². The number of hydrogen-bond donors (Lipinski definition) is 1. The highest BCUT2D eigenvalue weighted by Crippen LogP contribution is 2.25. The Balaban J connectivity index is 1.78. The minimum absolute atomic E-state index is 0.255. The van der Waals surface area contributed by atoms with Gasteiger partial charge < -0.3 is 19.3 Å². The largest absolute Gasteiger partial charge is 0.495 e. The summed E-state index contributed by atoms with van der Waals surface area (Å²) in [4.78, 5) is 29.2. The fourth-order valence-corrected chi connectivity index (χ4v) is 2.64. The van der Waals surface area contributed by atoms with E-state index in [9.17, 15) is 9.59 Å². The number of esters is 1. The Morgan fingerprint density at radius 1 is 1.22 bits per heavy atom. The Morgan fingerprint density at radius 3 is 2.70 bits per heavy atom. The maximum absolute atomic E-state index is 12.6. The van der Waals surface area contributed by atoms with Crippen molar-refractivity contribution in [2.24, 2.45) is 0 Å². The molecule has 3 rings (SSSR count). The number of aromatic nitrogens is 2. The molecule has 0 bridgehead atoms. The van der Waals surface area contributed by atoms with Crippen molar-refractivity contribution in [3.05, 3.63) is 47.3 Å². The average molecular weight is 369 g/mol. The molecule has 3 aromatic rings. The number of aryl methyl sites for hydroxylation is 2.